The molecule has 11 heteroatoms. The number of benzene rings is 1. The van der Waals surface area contributed by atoms with Crippen LogP contribution in [-0.4, -0.2) is 16.8 Å². The highest BCUT2D eigenvalue weighted by Gasteiger charge is 2.32. The maximum absolute atomic E-state index is 12.6. The van der Waals surface area contributed by atoms with Gasteiger partial charge in [0.25, 0.3) is 5.56 Å². The first-order chi connectivity index (χ1) is 11.9. The van der Waals surface area contributed by atoms with Crippen LogP contribution in [0.5, 0.6) is 5.75 Å². The van der Waals surface area contributed by atoms with E-state index in [1.165, 1.54) is 12.1 Å². The maximum atomic E-state index is 12.6. The van der Waals surface area contributed by atoms with E-state index in [0.29, 0.717) is 22.9 Å². The standard InChI is InChI=1S/C15H10F6N2O3/c16-14(17,18)9-4-5-13(25)23(7-9)8-12(24)22-10-2-1-3-11(6-10)26-15(19,20)21/h1-7H,8H2,(H,22,24). The van der Waals surface area contributed by atoms with Crippen LogP contribution < -0.4 is 15.6 Å². The first-order valence-electron chi connectivity index (χ1n) is 6.87. The van der Waals surface area contributed by atoms with Gasteiger partial charge in [-0.15, -0.1) is 13.2 Å². The summed E-state index contributed by atoms with van der Waals surface area (Å²) in [6.07, 6.45) is -9.14. The summed E-state index contributed by atoms with van der Waals surface area (Å²) < 4.78 is 78.6. The minimum Gasteiger partial charge on any atom is -0.406 e. The average molecular weight is 380 g/mol. The number of hydrogen-bond acceptors (Lipinski definition) is 3. The Hall–Kier alpha value is -2.98. The monoisotopic (exact) mass is 380 g/mol. The molecule has 0 saturated heterocycles. The van der Waals surface area contributed by atoms with Crippen LogP contribution in [0.3, 0.4) is 0 Å². The Balaban J connectivity index is 2.12. The third-order valence-electron chi connectivity index (χ3n) is 2.98. The molecule has 0 atom stereocenters. The zero-order valence-corrected chi connectivity index (χ0v) is 12.7. The molecule has 0 saturated carbocycles. The first-order valence-corrected chi connectivity index (χ1v) is 6.87. The van der Waals surface area contributed by atoms with Crippen molar-refractivity contribution in [2.75, 3.05) is 5.32 Å². The van der Waals surface area contributed by atoms with Gasteiger partial charge in [-0.25, -0.2) is 0 Å². The van der Waals surface area contributed by atoms with Gasteiger partial charge in [0.2, 0.25) is 5.91 Å². The molecule has 0 spiro atoms. The fourth-order valence-corrected chi connectivity index (χ4v) is 1.95. The van der Waals surface area contributed by atoms with E-state index in [1.807, 2.05) is 0 Å². The van der Waals surface area contributed by atoms with Crippen molar-refractivity contribution < 1.29 is 35.9 Å². The number of nitrogens with one attached hydrogen (secondary N) is 1. The molecule has 0 unspecified atom stereocenters. The highest BCUT2D eigenvalue weighted by Crippen LogP contribution is 2.28. The number of rotatable bonds is 4. The first kappa shape index (κ1) is 19.3. The largest absolute Gasteiger partial charge is 0.573 e. The number of ether oxygens (including phenoxy) is 1. The van der Waals surface area contributed by atoms with Crippen molar-refractivity contribution in [3.8, 4) is 5.75 Å². The minimum atomic E-state index is -4.92. The summed E-state index contributed by atoms with van der Waals surface area (Å²) in [7, 11) is 0. The Morgan fingerprint density at radius 1 is 1.08 bits per heavy atom. The Morgan fingerprint density at radius 2 is 1.77 bits per heavy atom. The summed E-state index contributed by atoms with van der Waals surface area (Å²) in [5.74, 6) is -1.50. The van der Waals surface area contributed by atoms with Crippen LogP contribution in [-0.2, 0) is 17.5 Å². The molecule has 5 nitrogen and oxygen atoms in total. The Kier molecular flexibility index (Phi) is 5.28. The van der Waals surface area contributed by atoms with Gasteiger partial charge in [0.15, 0.2) is 0 Å². The fourth-order valence-electron chi connectivity index (χ4n) is 1.95. The molecule has 0 aliphatic rings. The average Bonchev–Trinajstić information content (AvgIpc) is 2.46. The van der Waals surface area contributed by atoms with Gasteiger partial charge < -0.3 is 14.6 Å². The molecule has 1 N–H and O–H groups in total. The smallest absolute Gasteiger partial charge is 0.406 e. The van der Waals surface area contributed by atoms with Gasteiger partial charge in [0.1, 0.15) is 12.3 Å². The van der Waals surface area contributed by atoms with Gasteiger partial charge in [-0.2, -0.15) is 13.2 Å². The molecule has 2 rings (SSSR count). The van der Waals surface area contributed by atoms with E-state index in [0.717, 1.165) is 12.1 Å². The molecule has 0 radical (unpaired) electrons. The molecule has 1 aromatic carbocycles. The zero-order chi connectivity index (χ0) is 19.5. The predicted molar refractivity (Wildman–Crippen MR) is 77.5 cm³/mol. The Bertz CT molecular complexity index is 857. The normalized spacial score (nSPS) is 11.9. The predicted octanol–water partition coefficient (Wildman–Crippen LogP) is 3.40. The van der Waals surface area contributed by atoms with Crippen LogP contribution in [0.15, 0.2) is 47.4 Å². The molecule has 0 aliphatic carbocycles. The summed E-state index contributed by atoms with van der Waals surface area (Å²) in [4.78, 5) is 23.4. The number of carbonyl (C=O) groups is 1. The Labute approximate surface area is 141 Å². The van der Waals surface area contributed by atoms with E-state index in [9.17, 15) is 35.9 Å². The molecular formula is C15H10F6N2O3. The SMILES string of the molecule is O=C(Cn1cc(C(F)(F)F)ccc1=O)Nc1cccc(OC(F)(F)F)c1. The number of pyridine rings is 1. The lowest BCUT2D eigenvalue weighted by atomic mass is 10.2. The van der Waals surface area contributed by atoms with Gasteiger partial charge in [-0.1, -0.05) is 6.07 Å². The second-order valence-electron chi connectivity index (χ2n) is 5.01. The lowest BCUT2D eigenvalue weighted by Gasteiger charge is -2.12. The zero-order valence-electron chi connectivity index (χ0n) is 12.7. The summed E-state index contributed by atoms with van der Waals surface area (Å²) in [5.41, 5.74) is -2.05. The van der Waals surface area contributed by atoms with Crippen molar-refractivity contribution in [3.63, 3.8) is 0 Å². The van der Waals surface area contributed by atoms with Crippen molar-refractivity contribution in [2.45, 2.75) is 19.1 Å². The second-order valence-corrected chi connectivity index (χ2v) is 5.01. The molecule has 2 aromatic rings. The molecule has 1 aromatic heterocycles. The molecule has 1 heterocycles. The van der Waals surface area contributed by atoms with Gasteiger partial charge in [-0.05, 0) is 18.2 Å². The molecule has 0 fully saturated rings. The number of halogens is 6. The lowest BCUT2D eigenvalue weighted by Crippen LogP contribution is -2.28. The van der Waals surface area contributed by atoms with E-state index >= 15 is 0 Å². The van der Waals surface area contributed by atoms with Gasteiger partial charge in [0, 0.05) is 24.0 Å². The highest BCUT2D eigenvalue weighted by atomic mass is 19.4. The topological polar surface area (TPSA) is 60.3 Å². The summed E-state index contributed by atoms with van der Waals surface area (Å²) in [6, 6.07) is 5.53. The van der Waals surface area contributed by atoms with Crippen molar-refractivity contribution >= 4 is 11.6 Å². The van der Waals surface area contributed by atoms with Crippen molar-refractivity contribution in [1.29, 1.82) is 0 Å². The van der Waals surface area contributed by atoms with Gasteiger partial charge in [-0.3, -0.25) is 9.59 Å². The molecule has 0 bridgehead atoms. The summed E-state index contributed by atoms with van der Waals surface area (Å²) in [5, 5.41) is 2.17. The molecule has 0 aliphatic heterocycles. The van der Waals surface area contributed by atoms with Crippen LogP contribution in [0.4, 0.5) is 32.0 Å². The van der Waals surface area contributed by atoms with E-state index in [1.54, 1.807) is 0 Å². The third kappa shape index (κ3) is 5.53. The van der Waals surface area contributed by atoms with Crippen molar-refractivity contribution in [1.82, 2.24) is 4.57 Å². The third-order valence-corrected chi connectivity index (χ3v) is 2.98. The summed E-state index contributed by atoms with van der Waals surface area (Å²) >= 11 is 0. The van der Waals surface area contributed by atoms with Crippen LogP contribution in [0.2, 0.25) is 0 Å². The number of alkyl halides is 6. The van der Waals surface area contributed by atoms with Crippen LogP contribution in [0, 0.1) is 0 Å². The van der Waals surface area contributed by atoms with Crippen LogP contribution >= 0.6 is 0 Å². The second kappa shape index (κ2) is 7.10. The maximum Gasteiger partial charge on any atom is 0.573 e. The quantitative estimate of drug-likeness (QED) is 0.828. The Morgan fingerprint density at radius 3 is 2.38 bits per heavy atom. The summed E-state index contributed by atoms with van der Waals surface area (Å²) in [6.45, 7) is -0.757. The minimum absolute atomic E-state index is 0.0863. The highest BCUT2D eigenvalue weighted by molar-refractivity contribution is 5.90. The van der Waals surface area contributed by atoms with Crippen LogP contribution in [0.1, 0.15) is 5.56 Å². The van der Waals surface area contributed by atoms with E-state index in [2.05, 4.69) is 10.1 Å². The van der Waals surface area contributed by atoms with E-state index in [-0.39, 0.29) is 5.69 Å². The number of anilines is 1. The molecule has 140 valence electrons. The number of nitrogens with zero attached hydrogens (tertiary/aromatic N) is 1. The van der Waals surface area contributed by atoms with E-state index in [4.69, 9.17) is 0 Å². The molecular weight excluding hydrogens is 370 g/mol. The lowest BCUT2D eigenvalue weighted by molar-refractivity contribution is -0.274. The van der Waals surface area contributed by atoms with Gasteiger partial charge >= 0.3 is 12.5 Å². The number of hydrogen-bond donors (Lipinski definition) is 1. The molecule has 26 heavy (non-hydrogen) atoms. The van der Waals surface area contributed by atoms with E-state index < -0.39 is 41.9 Å². The number of amides is 1. The fraction of sp³-hybridized carbons (Fsp3) is 0.200. The van der Waals surface area contributed by atoms with Crippen molar-refractivity contribution in [2.24, 2.45) is 0 Å². The molecule has 1 amide bonds. The van der Waals surface area contributed by atoms with Gasteiger partial charge in [0.05, 0.1) is 5.56 Å². The van der Waals surface area contributed by atoms with Crippen LogP contribution in [0.25, 0.3) is 0 Å². The number of carbonyl (C=O) groups excluding carboxylic acids is 1. The van der Waals surface area contributed by atoms with Crippen molar-refractivity contribution in [3.05, 3.63) is 58.5 Å². The number of aromatic nitrogens is 1.